The molecule has 0 saturated heterocycles. The van der Waals surface area contributed by atoms with Crippen molar-refractivity contribution in [2.24, 2.45) is 10.7 Å². The molecule has 0 aliphatic rings. The molecule has 0 radical (unpaired) electrons. The number of esters is 1. The lowest BCUT2D eigenvalue weighted by atomic mass is 10.3. The summed E-state index contributed by atoms with van der Waals surface area (Å²) in [6, 6.07) is 6.32. The van der Waals surface area contributed by atoms with E-state index < -0.39 is 5.97 Å². The fraction of sp³-hybridized carbons (Fsp3) is 0.200. The number of aliphatic imine (C=N–C) groups is 1. The molecule has 0 heterocycles. The average molecular weight is 208 g/mol. The average Bonchev–Trinajstić information content (AvgIpc) is 2.21. The van der Waals surface area contributed by atoms with Gasteiger partial charge < -0.3 is 15.6 Å². The van der Waals surface area contributed by atoms with Crippen LogP contribution in [-0.4, -0.2) is 23.5 Å². The van der Waals surface area contributed by atoms with E-state index in [0.717, 1.165) is 0 Å². The first-order valence-electron chi connectivity index (χ1n) is 4.44. The van der Waals surface area contributed by atoms with Crippen LogP contribution in [0, 0.1) is 0 Å². The van der Waals surface area contributed by atoms with Gasteiger partial charge in [0.15, 0.2) is 0 Å². The van der Waals surface area contributed by atoms with Crippen molar-refractivity contribution in [3.05, 3.63) is 24.3 Å². The summed E-state index contributed by atoms with van der Waals surface area (Å²) in [6.07, 6.45) is 0. The molecule has 0 amide bonds. The summed E-state index contributed by atoms with van der Waals surface area (Å²) in [4.78, 5) is 14.8. The monoisotopic (exact) mass is 208 g/mol. The molecule has 1 rings (SSSR count). The molecule has 0 aliphatic heterocycles. The highest BCUT2D eigenvalue weighted by Crippen LogP contribution is 2.24. The Kier molecular flexibility index (Phi) is 3.68. The second kappa shape index (κ2) is 4.99. The van der Waals surface area contributed by atoms with E-state index in [-0.39, 0.29) is 23.9 Å². The van der Waals surface area contributed by atoms with E-state index >= 15 is 0 Å². The first kappa shape index (κ1) is 11.0. The molecule has 1 aromatic rings. The minimum absolute atomic E-state index is 0.0373. The van der Waals surface area contributed by atoms with Crippen LogP contribution in [0.2, 0.25) is 0 Å². The molecule has 0 unspecified atom stereocenters. The first-order chi connectivity index (χ1) is 7.15. The molecule has 3 N–H and O–H groups in total. The maximum atomic E-state index is 11.1. The molecule has 1 aromatic carbocycles. The topological polar surface area (TPSA) is 84.9 Å². The Morgan fingerprint density at radius 1 is 1.53 bits per heavy atom. The Morgan fingerprint density at radius 2 is 2.20 bits per heavy atom. The van der Waals surface area contributed by atoms with Crippen molar-refractivity contribution in [3.8, 4) is 5.75 Å². The maximum Gasteiger partial charge on any atom is 0.373 e. The van der Waals surface area contributed by atoms with Gasteiger partial charge in [-0.2, -0.15) is 0 Å². The largest absolute Gasteiger partial charge is 0.506 e. The lowest BCUT2D eigenvalue weighted by molar-refractivity contribution is -0.135. The summed E-state index contributed by atoms with van der Waals surface area (Å²) >= 11 is 0. The third kappa shape index (κ3) is 2.98. The molecule has 0 saturated carbocycles. The van der Waals surface area contributed by atoms with Gasteiger partial charge in [-0.05, 0) is 19.1 Å². The molecule has 15 heavy (non-hydrogen) atoms. The van der Waals surface area contributed by atoms with Crippen molar-refractivity contribution in [3.63, 3.8) is 0 Å². The van der Waals surface area contributed by atoms with E-state index in [9.17, 15) is 9.90 Å². The number of carbonyl (C=O) groups excluding carboxylic acids is 1. The van der Waals surface area contributed by atoms with Crippen molar-refractivity contribution >= 4 is 17.5 Å². The number of nitrogens with zero attached hydrogens (tertiary/aromatic N) is 1. The Bertz CT molecular complexity index is 388. The molecular formula is C10H12N2O3. The number of hydrogen-bond acceptors (Lipinski definition) is 4. The van der Waals surface area contributed by atoms with Gasteiger partial charge in [0.05, 0.1) is 6.61 Å². The van der Waals surface area contributed by atoms with Gasteiger partial charge in [-0.1, -0.05) is 12.1 Å². The predicted octanol–water partition coefficient (Wildman–Crippen LogP) is 0.944. The highest BCUT2D eigenvalue weighted by Gasteiger charge is 2.08. The number of phenols is 1. The molecule has 0 atom stereocenters. The number of nitrogens with two attached hydrogens (primary N) is 1. The van der Waals surface area contributed by atoms with Gasteiger partial charge in [0.1, 0.15) is 11.4 Å². The summed E-state index contributed by atoms with van der Waals surface area (Å²) in [6.45, 7) is 1.90. The minimum atomic E-state index is -0.694. The molecule has 0 spiro atoms. The van der Waals surface area contributed by atoms with Crippen LogP contribution in [-0.2, 0) is 9.53 Å². The second-order valence-electron chi connectivity index (χ2n) is 2.71. The summed E-state index contributed by atoms with van der Waals surface area (Å²) < 4.78 is 4.64. The second-order valence-corrected chi connectivity index (χ2v) is 2.71. The minimum Gasteiger partial charge on any atom is -0.506 e. The number of carbonyl (C=O) groups is 1. The molecule has 5 nitrogen and oxygen atoms in total. The van der Waals surface area contributed by atoms with Crippen LogP contribution in [0.1, 0.15) is 6.92 Å². The molecule has 80 valence electrons. The number of aromatic hydroxyl groups is 1. The maximum absolute atomic E-state index is 11.1. The number of amidine groups is 1. The molecule has 5 heteroatoms. The van der Waals surface area contributed by atoms with Crippen LogP contribution < -0.4 is 5.73 Å². The third-order valence-corrected chi connectivity index (χ3v) is 1.61. The van der Waals surface area contributed by atoms with E-state index in [0.29, 0.717) is 0 Å². The summed E-state index contributed by atoms with van der Waals surface area (Å²) in [5.41, 5.74) is 5.61. The van der Waals surface area contributed by atoms with Crippen LogP contribution in [0.4, 0.5) is 5.69 Å². The van der Waals surface area contributed by atoms with Crippen molar-refractivity contribution in [2.75, 3.05) is 6.61 Å². The molecular weight excluding hydrogens is 196 g/mol. The molecule has 0 aliphatic carbocycles. The summed E-state index contributed by atoms with van der Waals surface area (Å²) in [5, 5.41) is 9.36. The van der Waals surface area contributed by atoms with Gasteiger partial charge in [0, 0.05) is 0 Å². The van der Waals surface area contributed by atoms with Crippen molar-refractivity contribution in [1.29, 1.82) is 0 Å². The number of para-hydroxylation sites is 2. The molecule has 0 bridgehead atoms. The number of phenolic OH excluding ortho intramolecular Hbond substituents is 1. The van der Waals surface area contributed by atoms with Gasteiger partial charge in [-0.15, -0.1) is 0 Å². The quantitative estimate of drug-likeness (QED) is 0.430. The number of benzene rings is 1. The van der Waals surface area contributed by atoms with Gasteiger partial charge in [0.25, 0.3) is 0 Å². The van der Waals surface area contributed by atoms with Crippen LogP contribution in [0.3, 0.4) is 0 Å². The lowest BCUT2D eigenvalue weighted by Crippen LogP contribution is -2.25. The highest BCUT2D eigenvalue weighted by atomic mass is 16.5. The lowest BCUT2D eigenvalue weighted by Gasteiger charge is -2.01. The van der Waals surface area contributed by atoms with Gasteiger partial charge >= 0.3 is 5.97 Å². The van der Waals surface area contributed by atoms with Gasteiger partial charge in [-0.25, -0.2) is 9.79 Å². The highest BCUT2D eigenvalue weighted by molar-refractivity contribution is 6.35. The molecule has 0 aromatic heterocycles. The van der Waals surface area contributed by atoms with Crippen LogP contribution in [0.5, 0.6) is 5.75 Å². The first-order valence-corrected chi connectivity index (χ1v) is 4.44. The molecule has 0 fully saturated rings. The van der Waals surface area contributed by atoms with E-state index in [1.54, 1.807) is 25.1 Å². The zero-order valence-corrected chi connectivity index (χ0v) is 8.30. The fourth-order valence-corrected chi connectivity index (χ4v) is 0.939. The third-order valence-electron chi connectivity index (χ3n) is 1.61. The van der Waals surface area contributed by atoms with E-state index in [1.807, 2.05) is 0 Å². The smallest absolute Gasteiger partial charge is 0.373 e. The summed E-state index contributed by atoms with van der Waals surface area (Å²) in [5.74, 6) is -1.01. The van der Waals surface area contributed by atoms with E-state index in [4.69, 9.17) is 5.73 Å². The van der Waals surface area contributed by atoms with E-state index in [2.05, 4.69) is 9.73 Å². The zero-order valence-electron chi connectivity index (χ0n) is 8.30. The standard InChI is InChI=1S/C10H12N2O3/c1-2-15-10(14)9(11)12-7-5-3-4-6-8(7)13/h3-6,13H,2H2,1H3,(H2,11,12). The Hall–Kier alpha value is -2.04. The SMILES string of the molecule is CCOC(=O)C(N)=Nc1ccccc1O. The fourth-order valence-electron chi connectivity index (χ4n) is 0.939. The Labute approximate surface area is 87.2 Å². The summed E-state index contributed by atoms with van der Waals surface area (Å²) in [7, 11) is 0. The normalized spacial score (nSPS) is 11.1. The van der Waals surface area contributed by atoms with Crippen LogP contribution >= 0.6 is 0 Å². The number of ether oxygens (including phenoxy) is 1. The van der Waals surface area contributed by atoms with Crippen molar-refractivity contribution in [2.45, 2.75) is 6.92 Å². The van der Waals surface area contributed by atoms with Crippen LogP contribution in [0.25, 0.3) is 0 Å². The Morgan fingerprint density at radius 3 is 2.80 bits per heavy atom. The van der Waals surface area contributed by atoms with Crippen molar-refractivity contribution < 1.29 is 14.6 Å². The van der Waals surface area contributed by atoms with Crippen LogP contribution in [0.15, 0.2) is 29.3 Å². The van der Waals surface area contributed by atoms with Gasteiger partial charge in [-0.3, -0.25) is 0 Å². The predicted molar refractivity (Wildman–Crippen MR) is 56.0 cm³/mol. The van der Waals surface area contributed by atoms with E-state index in [1.165, 1.54) is 6.07 Å². The Balaban J connectivity index is 2.88. The number of rotatable bonds is 2. The van der Waals surface area contributed by atoms with Gasteiger partial charge in [0.2, 0.25) is 5.84 Å². The number of hydrogen-bond donors (Lipinski definition) is 2. The van der Waals surface area contributed by atoms with Crippen molar-refractivity contribution in [1.82, 2.24) is 0 Å². The zero-order chi connectivity index (χ0) is 11.3.